The predicted octanol–water partition coefficient (Wildman–Crippen LogP) is 2.17. The van der Waals surface area contributed by atoms with Gasteiger partial charge in [-0.15, -0.1) is 0 Å². The van der Waals surface area contributed by atoms with Gasteiger partial charge in [-0.1, -0.05) is 35.3 Å². The first kappa shape index (κ1) is 11.3. The van der Waals surface area contributed by atoms with Crippen LogP contribution in [0.4, 0.5) is 0 Å². The number of carboxylic acid groups (broad SMARTS) is 1. The first-order valence-corrected chi connectivity index (χ1v) is 4.72. The minimum absolute atomic E-state index is 0.0944. The maximum atomic E-state index is 10.2. The summed E-state index contributed by atoms with van der Waals surface area (Å²) < 4.78 is 0. The van der Waals surface area contributed by atoms with E-state index in [1.165, 1.54) is 0 Å². The van der Waals surface area contributed by atoms with Crippen molar-refractivity contribution in [2.24, 2.45) is 0 Å². The molecule has 0 fully saturated rings. The molecule has 0 aliphatic carbocycles. The van der Waals surface area contributed by atoms with Crippen LogP contribution in [-0.4, -0.2) is 17.6 Å². The van der Waals surface area contributed by atoms with Crippen LogP contribution in [0.15, 0.2) is 18.2 Å². The zero-order chi connectivity index (χ0) is 10.6. The highest BCUT2D eigenvalue weighted by molar-refractivity contribution is 6.42. The fourth-order valence-corrected chi connectivity index (χ4v) is 1.38. The zero-order valence-electron chi connectivity index (χ0n) is 7.26. The molecule has 0 unspecified atom stereocenters. The smallest absolute Gasteiger partial charge is 0.317 e. The molecule has 0 aliphatic rings. The van der Waals surface area contributed by atoms with Gasteiger partial charge in [0, 0.05) is 6.54 Å². The molecule has 0 aliphatic heterocycles. The van der Waals surface area contributed by atoms with Crippen LogP contribution in [0.5, 0.6) is 0 Å². The second-order valence-electron chi connectivity index (χ2n) is 2.71. The molecule has 2 N–H and O–H groups in total. The van der Waals surface area contributed by atoms with Crippen molar-refractivity contribution in [3.63, 3.8) is 0 Å². The number of aliphatic carboxylic acids is 1. The molecule has 0 amide bonds. The van der Waals surface area contributed by atoms with E-state index in [2.05, 4.69) is 5.32 Å². The van der Waals surface area contributed by atoms with E-state index in [0.717, 1.165) is 5.56 Å². The molecule has 76 valence electrons. The normalized spacial score (nSPS) is 10.1. The van der Waals surface area contributed by atoms with Crippen LogP contribution in [-0.2, 0) is 11.3 Å². The number of benzene rings is 1. The highest BCUT2D eigenvalue weighted by atomic mass is 35.5. The van der Waals surface area contributed by atoms with E-state index >= 15 is 0 Å². The van der Waals surface area contributed by atoms with Crippen molar-refractivity contribution in [2.75, 3.05) is 6.54 Å². The van der Waals surface area contributed by atoms with Gasteiger partial charge in [-0.3, -0.25) is 4.79 Å². The monoisotopic (exact) mass is 233 g/mol. The number of carboxylic acids is 1. The standard InChI is InChI=1S/C9H9Cl2NO2/c10-7-3-1-2-6(9(7)11)4-12-5-8(13)14/h1-3,12H,4-5H2,(H,13,14). The Kier molecular flexibility index (Phi) is 4.20. The van der Waals surface area contributed by atoms with Crippen molar-refractivity contribution >= 4 is 29.2 Å². The number of halogens is 2. The minimum Gasteiger partial charge on any atom is -0.480 e. The third kappa shape index (κ3) is 3.18. The third-order valence-corrected chi connectivity index (χ3v) is 2.48. The summed E-state index contributed by atoms with van der Waals surface area (Å²) in [5.74, 6) is -0.900. The fourth-order valence-electron chi connectivity index (χ4n) is 0.989. The lowest BCUT2D eigenvalue weighted by molar-refractivity contribution is -0.135. The fraction of sp³-hybridized carbons (Fsp3) is 0.222. The second kappa shape index (κ2) is 5.20. The van der Waals surface area contributed by atoms with Gasteiger partial charge in [0.15, 0.2) is 0 Å². The van der Waals surface area contributed by atoms with Crippen molar-refractivity contribution in [2.45, 2.75) is 6.54 Å². The summed E-state index contributed by atoms with van der Waals surface area (Å²) in [6, 6.07) is 5.25. The molecule has 0 bridgehead atoms. The Morgan fingerprint density at radius 2 is 2.14 bits per heavy atom. The lowest BCUT2D eigenvalue weighted by atomic mass is 10.2. The van der Waals surface area contributed by atoms with Crippen LogP contribution in [0.1, 0.15) is 5.56 Å². The Bertz CT molecular complexity index is 342. The molecule has 5 heteroatoms. The highest BCUT2D eigenvalue weighted by Crippen LogP contribution is 2.25. The molecular formula is C9H9Cl2NO2. The Morgan fingerprint density at radius 3 is 2.79 bits per heavy atom. The Morgan fingerprint density at radius 1 is 1.43 bits per heavy atom. The Labute approximate surface area is 91.6 Å². The average molecular weight is 234 g/mol. The summed E-state index contributed by atoms with van der Waals surface area (Å²) in [6.07, 6.45) is 0. The van der Waals surface area contributed by atoms with Crippen molar-refractivity contribution in [1.82, 2.24) is 5.32 Å². The first-order valence-electron chi connectivity index (χ1n) is 3.96. The molecule has 0 atom stereocenters. The molecule has 0 saturated heterocycles. The molecule has 0 spiro atoms. The average Bonchev–Trinajstić information content (AvgIpc) is 2.12. The first-order chi connectivity index (χ1) is 6.61. The molecule has 0 radical (unpaired) electrons. The SMILES string of the molecule is O=C(O)CNCc1cccc(Cl)c1Cl. The van der Waals surface area contributed by atoms with E-state index in [4.69, 9.17) is 28.3 Å². The lowest BCUT2D eigenvalue weighted by Crippen LogP contribution is -2.21. The van der Waals surface area contributed by atoms with E-state index in [9.17, 15) is 4.79 Å². The van der Waals surface area contributed by atoms with Gasteiger partial charge in [0.2, 0.25) is 0 Å². The van der Waals surface area contributed by atoms with Crippen LogP contribution in [0.2, 0.25) is 10.0 Å². The quantitative estimate of drug-likeness (QED) is 0.839. The summed E-state index contributed by atoms with van der Waals surface area (Å²) in [4.78, 5) is 10.2. The van der Waals surface area contributed by atoms with Gasteiger partial charge >= 0.3 is 5.97 Å². The maximum Gasteiger partial charge on any atom is 0.317 e. The molecule has 1 rings (SSSR count). The van der Waals surface area contributed by atoms with Crippen molar-refractivity contribution in [3.8, 4) is 0 Å². The van der Waals surface area contributed by atoms with Gasteiger partial charge in [-0.2, -0.15) is 0 Å². The van der Waals surface area contributed by atoms with Crippen LogP contribution in [0, 0.1) is 0 Å². The molecule has 3 nitrogen and oxygen atoms in total. The van der Waals surface area contributed by atoms with Gasteiger partial charge < -0.3 is 10.4 Å². The van der Waals surface area contributed by atoms with E-state index in [1.807, 2.05) is 0 Å². The van der Waals surface area contributed by atoms with E-state index in [1.54, 1.807) is 18.2 Å². The van der Waals surface area contributed by atoms with E-state index in [-0.39, 0.29) is 6.54 Å². The van der Waals surface area contributed by atoms with Gasteiger partial charge in [-0.25, -0.2) is 0 Å². The van der Waals surface area contributed by atoms with Gasteiger partial charge in [0.1, 0.15) is 0 Å². The van der Waals surface area contributed by atoms with Crippen LogP contribution >= 0.6 is 23.2 Å². The molecule has 14 heavy (non-hydrogen) atoms. The summed E-state index contributed by atoms with van der Waals surface area (Å²) in [5.41, 5.74) is 0.792. The van der Waals surface area contributed by atoms with E-state index < -0.39 is 5.97 Å². The molecule has 1 aromatic carbocycles. The number of carbonyl (C=O) groups is 1. The number of hydrogen-bond donors (Lipinski definition) is 2. The zero-order valence-corrected chi connectivity index (χ0v) is 8.77. The Hall–Kier alpha value is -0.770. The molecule has 0 heterocycles. The molecular weight excluding hydrogens is 225 g/mol. The maximum absolute atomic E-state index is 10.2. The van der Waals surface area contributed by atoms with Crippen molar-refractivity contribution in [3.05, 3.63) is 33.8 Å². The highest BCUT2D eigenvalue weighted by Gasteiger charge is 2.04. The van der Waals surface area contributed by atoms with E-state index in [0.29, 0.717) is 16.6 Å². The summed E-state index contributed by atoms with van der Waals surface area (Å²) in [5, 5.41) is 12.1. The summed E-state index contributed by atoms with van der Waals surface area (Å²) in [7, 11) is 0. The largest absolute Gasteiger partial charge is 0.480 e. The number of rotatable bonds is 4. The number of hydrogen-bond acceptors (Lipinski definition) is 2. The summed E-state index contributed by atoms with van der Waals surface area (Å²) >= 11 is 11.7. The molecule has 1 aromatic rings. The lowest BCUT2D eigenvalue weighted by Gasteiger charge is -2.05. The van der Waals surface area contributed by atoms with Crippen molar-refractivity contribution < 1.29 is 9.90 Å². The minimum atomic E-state index is -0.900. The summed E-state index contributed by atoms with van der Waals surface area (Å²) in [6.45, 7) is 0.300. The Balaban J connectivity index is 2.59. The van der Waals surface area contributed by atoms with Crippen LogP contribution < -0.4 is 5.32 Å². The van der Waals surface area contributed by atoms with Crippen molar-refractivity contribution in [1.29, 1.82) is 0 Å². The molecule has 0 saturated carbocycles. The number of nitrogens with one attached hydrogen (secondary N) is 1. The van der Waals surface area contributed by atoms with Crippen LogP contribution in [0.3, 0.4) is 0 Å². The predicted molar refractivity (Wildman–Crippen MR) is 55.8 cm³/mol. The molecule has 0 aromatic heterocycles. The van der Waals surface area contributed by atoms with Gasteiger partial charge in [-0.05, 0) is 11.6 Å². The van der Waals surface area contributed by atoms with Crippen LogP contribution in [0.25, 0.3) is 0 Å². The van der Waals surface area contributed by atoms with Gasteiger partial charge in [0.05, 0.1) is 16.6 Å². The third-order valence-electron chi connectivity index (χ3n) is 1.62. The van der Waals surface area contributed by atoms with Gasteiger partial charge in [0.25, 0.3) is 0 Å². The second-order valence-corrected chi connectivity index (χ2v) is 3.50. The topological polar surface area (TPSA) is 49.3 Å².